The monoisotopic (exact) mass is 372 g/mol. The highest BCUT2D eigenvalue weighted by Crippen LogP contribution is 2.20. The summed E-state index contributed by atoms with van der Waals surface area (Å²) in [6, 6.07) is 11.0. The predicted molar refractivity (Wildman–Crippen MR) is 87.5 cm³/mol. The summed E-state index contributed by atoms with van der Waals surface area (Å²) < 4.78 is 6.17. The second-order valence-electron chi connectivity index (χ2n) is 4.92. The maximum atomic E-state index is 12.3. The highest BCUT2D eigenvalue weighted by Gasteiger charge is 2.16. The second kappa shape index (κ2) is 6.70. The maximum absolute atomic E-state index is 12.3. The van der Waals surface area contributed by atoms with Gasteiger partial charge in [0.15, 0.2) is 0 Å². The van der Waals surface area contributed by atoms with Crippen LogP contribution in [0.25, 0.3) is 11.4 Å². The van der Waals surface area contributed by atoms with E-state index in [1.807, 2.05) is 24.3 Å². The third kappa shape index (κ3) is 3.62. The van der Waals surface area contributed by atoms with Gasteiger partial charge in [0.2, 0.25) is 11.7 Å². The van der Waals surface area contributed by atoms with E-state index in [2.05, 4.69) is 31.1 Å². The van der Waals surface area contributed by atoms with E-state index in [4.69, 9.17) is 4.52 Å². The molecule has 1 aromatic carbocycles. The van der Waals surface area contributed by atoms with Gasteiger partial charge in [0, 0.05) is 29.5 Å². The molecule has 3 rings (SSSR count). The van der Waals surface area contributed by atoms with Crippen LogP contribution in [-0.4, -0.2) is 33.0 Å². The molecule has 7 heteroatoms. The lowest BCUT2D eigenvalue weighted by molar-refractivity contribution is 0.0769. The number of rotatable bonds is 4. The molecule has 0 fully saturated rings. The Balaban J connectivity index is 1.73. The molecule has 23 heavy (non-hydrogen) atoms. The fourth-order valence-electron chi connectivity index (χ4n) is 2.05. The highest BCUT2D eigenvalue weighted by atomic mass is 79.9. The number of amides is 1. The zero-order valence-electron chi connectivity index (χ0n) is 12.3. The number of hydrogen-bond acceptors (Lipinski definition) is 5. The highest BCUT2D eigenvalue weighted by molar-refractivity contribution is 9.10. The van der Waals surface area contributed by atoms with Gasteiger partial charge in [-0.15, -0.1) is 0 Å². The van der Waals surface area contributed by atoms with Gasteiger partial charge in [-0.05, 0) is 24.3 Å². The van der Waals surface area contributed by atoms with Crippen molar-refractivity contribution in [3.8, 4) is 11.4 Å². The summed E-state index contributed by atoms with van der Waals surface area (Å²) >= 11 is 3.41. The number of aromatic nitrogens is 3. The topological polar surface area (TPSA) is 72.1 Å². The number of hydrogen-bond donors (Lipinski definition) is 0. The van der Waals surface area contributed by atoms with Crippen LogP contribution in [0.15, 0.2) is 57.8 Å². The molecule has 0 aliphatic rings. The minimum atomic E-state index is -0.152. The number of halogens is 1. The second-order valence-corrected chi connectivity index (χ2v) is 5.84. The van der Waals surface area contributed by atoms with E-state index in [1.54, 1.807) is 25.4 Å². The molecule has 0 bridgehead atoms. The van der Waals surface area contributed by atoms with Gasteiger partial charge < -0.3 is 9.42 Å². The molecule has 0 aliphatic carbocycles. The first kappa shape index (κ1) is 15.4. The number of nitrogens with zero attached hydrogens (tertiary/aromatic N) is 4. The van der Waals surface area contributed by atoms with Crippen LogP contribution < -0.4 is 0 Å². The summed E-state index contributed by atoms with van der Waals surface area (Å²) in [6.45, 7) is 0.231. The maximum Gasteiger partial charge on any atom is 0.255 e. The van der Waals surface area contributed by atoms with Gasteiger partial charge in [-0.2, -0.15) is 4.98 Å². The molecule has 0 aliphatic heterocycles. The molecule has 0 saturated heterocycles. The Morgan fingerprint density at radius 2 is 2.17 bits per heavy atom. The molecule has 0 atom stereocenters. The van der Waals surface area contributed by atoms with Gasteiger partial charge in [-0.3, -0.25) is 9.78 Å². The van der Waals surface area contributed by atoms with Crippen LogP contribution in [0.1, 0.15) is 16.2 Å². The molecular formula is C16H13BrN4O2. The molecule has 0 spiro atoms. The zero-order chi connectivity index (χ0) is 16.2. The first-order valence-corrected chi connectivity index (χ1v) is 7.67. The van der Waals surface area contributed by atoms with Crippen LogP contribution >= 0.6 is 15.9 Å². The first-order chi connectivity index (χ1) is 11.1. The third-order valence-corrected chi connectivity index (χ3v) is 3.67. The Kier molecular flexibility index (Phi) is 4.47. The van der Waals surface area contributed by atoms with Crippen LogP contribution in [0.2, 0.25) is 0 Å². The molecule has 0 radical (unpaired) electrons. The summed E-state index contributed by atoms with van der Waals surface area (Å²) in [6.07, 6.45) is 3.15. The smallest absolute Gasteiger partial charge is 0.255 e. The lowest BCUT2D eigenvalue weighted by atomic mass is 10.2. The van der Waals surface area contributed by atoms with Gasteiger partial charge >= 0.3 is 0 Å². The van der Waals surface area contributed by atoms with Crippen LogP contribution in [0, 0.1) is 0 Å². The summed E-state index contributed by atoms with van der Waals surface area (Å²) in [5.41, 5.74) is 1.36. The van der Waals surface area contributed by atoms with Crippen molar-refractivity contribution in [1.29, 1.82) is 0 Å². The van der Waals surface area contributed by atoms with Gasteiger partial charge in [0.1, 0.15) is 0 Å². The Morgan fingerprint density at radius 3 is 2.91 bits per heavy atom. The van der Waals surface area contributed by atoms with Crippen molar-refractivity contribution >= 4 is 21.8 Å². The predicted octanol–water partition coefficient (Wildman–Crippen LogP) is 3.17. The number of pyridine rings is 1. The number of carbonyl (C=O) groups excluding carboxylic acids is 1. The van der Waals surface area contributed by atoms with Gasteiger partial charge in [0.25, 0.3) is 5.91 Å². The normalized spacial score (nSPS) is 10.5. The minimum Gasteiger partial charge on any atom is -0.337 e. The van der Waals surface area contributed by atoms with Crippen molar-refractivity contribution in [2.45, 2.75) is 6.54 Å². The summed E-state index contributed by atoms with van der Waals surface area (Å²) in [7, 11) is 1.68. The molecule has 6 nitrogen and oxygen atoms in total. The number of benzene rings is 1. The van der Waals surface area contributed by atoms with Crippen molar-refractivity contribution in [1.82, 2.24) is 20.0 Å². The largest absolute Gasteiger partial charge is 0.337 e. The lowest BCUT2D eigenvalue weighted by Crippen LogP contribution is -2.26. The Labute approximate surface area is 141 Å². The first-order valence-electron chi connectivity index (χ1n) is 6.87. The molecule has 1 amide bonds. The number of carbonyl (C=O) groups is 1. The van der Waals surface area contributed by atoms with Crippen molar-refractivity contribution in [3.05, 3.63) is 64.7 Å². The SMILES string of the molecule is CN(Cc1nc(-c2cccc(Br)c2)no1)C(=O)c1cccnc1. The minimum absolute atomic E-state index is 0.152. The molecule has 116 valence electrons. The van der Waals surface area contributed by atoms with E-state index < -0.39 is 0 Å². The summed E-state index contributed by atoms with van der Waals surface area (Å²) in [5.74, 6) is 0.712. The zero-order valence-corrected chi connectivity index (χ0v) is 13.9. The summed E-state index contributed by atoms with van der Waals surface area (Å²) in [5, 5.41) is 3.96. The average molecular weight is 373 g/mol. The molecule has 2 heterocycles. The van der Waals surface area contributed by atoms with Crippen LogP contribution in [-0.2, 0) is 6.54 Å². The molecule has 0 N–H and O–H groups in total. The Bertz CT molecular complexity index is 820. The molecule has 2 aromatic heterocycles. The van der Waals surface area contributed by atoms with E-state index in [1.165, 1.54) is 11.1 Å². The van der Waals surface area contributed by atoms with E-state index in [0.717, 1.165) is 10.0 Å². The van der Waals surface area contributed by atoms with E-state index >= 15 is 0 Å². The van der Waals surface area contributed by atoms with E-state index in [-0.39, 0.29) is 12.5 Å². The lowest BCUT2D eigenvalue weighted by Gasteiger charge is -2.14. The van der Waals surface area contributed by atoms with E-state index in [9.17, 15) is 4.79 Å². The molecule has 0 saturated carbocycles. The van der Waals surface area contributed by atoms with Gasteiger partial charge in [0.05, 0.1) is 12.1 Å². The fraction of sp³-hybridized carbons (Fsp3) is 0.125. The van der Waals surface area contributed by atoms with Gasteiger partial charge in [-0.25, -0.2) is 0 Å². The Hall–Kier alpha value is -2.54. The Morgan fingerprint density at radius 1 is 1.30 bits per heavy atom. The third-order valence-electron chi connectivity index (χ3n) is 3.18. The summed E-state index contributed by atoms with van der Waals surface area (Å²) in [4.78, 5) is 22.0. The molecular weight excluding hydrogens is 360 g/mol. The average Bonchev–Trinajstić information content (AvgIpc) is 3.03. The van der Waals surface area contributed by atoms with Crippen LogP contribution in [0.3, 0.4) is 0 Å². The fourth-order valence-corrected chi connectivity index (χ4v) is 2.45. The van der Waals surface area contributed by atoms with Gasteiger partial charge in [-0.1, -0.05) is 33.2 Å². The standard InChI is InChI=1S/C16H13BrN4O2/c1-21(16(22)12-5-3-7-18-9-12)10-14-19-15(20-23-14)11-4-2-6-13(17)8-11/h2-9H,10H2,1H3. The van der Waals surface area contributed by atoms with Crippen LogP contribution in [0.4, 0.5) is 0 Å². The van der Waals surface area contributed by atoms with Crippen LogP contribution in [0.5, 0.6) is 0 Å². The van der Waals surface area contributed by atoms with Crippen molar-refractivity contribution in [3.63, 3.8) is 0 Å². The van der Waals surface area contributed by atoms with Crippen molar-refractivity contribution < 1.29 is 9.32 Å². The quantitative estimate of drug-likeness (QED) is 0.703. The van der Waals surface area contributed by atoms with E-state index in [0.29, 0.717) is 17.3 Å². The molecule has 0 unspecified atom stereocenters. The van der Waals surface area contributed by atoms with Crippen molar-refractivity contribution in [2.75, 3.05) is 7.05 Å². The molecule has 3 aromatic rings. The van der Waals surface area contributed by atoms with Crippen molar-refractivity contribution in [2.24, 2.45) is 0 Å².